The van der Waals surface area contributed by atoms with E-state index in [1.807, 2.05) is 12.1 Å². The third-order valence-electron chi connectivity index (χ3n) is 13.7. The van der Waals surface area contributed by atoms with Gasteiger partial charge in [0.15, 0.2) is 0 Å². The number of nitrogens with zero attached hydrogens (tertiary/aromatic N) is 2. The van der Waals surface area contributed by atoms with Crippen molar-refractivity contribution in [3.8, 4) is 11.8 Å². The number of nitrogens with one attached hydrogen (secondary N) is 4. The lowest BCUT2D eigenvalue weighted by Gasteiger charge is -2.47. The molecule has 4 heterocycles. The summed E-state index contributed by atoms with van der Waals surface area (Å²) in [5.74, 6) is 2.64. The van der Waals surface area contributed by atoms with Gasteiger partial charge in [0.25, 0.3) is 17.7 Å². The molecule has 64 heavy (non-hydrogen) atoms. The Morgan fingerprint density at radius 2 is 1.72 bits per heavy atom. The van der Waals surface area contributed by atoms with Crippen LogP contribution < -0.4 is 21.3 Å². The SMILES string of the molecule is CN1C(=O)CCC(N2Cc3c(C#CCCCNC(=O)c4ccc(NC(=O)[C@@H]5NC6(CCCCC6)[C@@]6(C(=O)Nc7cc(Cl)ccc76)[C@H]5c5cccc(Cl)c5F)cc4)cccc3C2=O)C1=O. The molecule has 2 saturated heterocycles. The molecule has 4 aromatic carbocycles. The van der Waals surface area contributed by atoms with Crippen molar-refractivity contribution in [2.75, 3.05) is 24.2 Å². The highest BCUT2D eigenvalue weighted by Gasteiger charge is 2.72. The average Bonchev–Trinajstić information content (AvgIpc) is 3.89. The van der Waals surface area contributed by atoms with E-state index in [4.69, 9.17) is 23.2 Å². The van der Waals surface area contributed by atoms with Crippen LogP contribution in [-0.4, -0.2) is 76.5 Å². The number of hydrogen-bond donors (Lipinski definition) is 4. The van der Waals surface area contributed by atoms with Crippen LogP contribution in [0, 0.1) is 17.7 Å². The zero-order valence-corrected chi connectivity index (χ0v) is 36.5. The van der Waals surface area contributed by atoms with Crippen LogP contribution in [0.15, 0.2) is 78.9 Å². The van der Waals surface area contributed by atoms with Crippen molar-refractivity contribution < 1.29 is 33.2 Å². The van der Waals surface area contributed by atoms with Gasteiger partial charge < -0.3 is 20.9 Å². The first-order valence-electron chi connectivity index (χ1n) is 21.6. The molecule has 3 fully saturated rings. The highest BCUT2D eigenvalue weighted by Crippen LogP contribution is 2.63. The molecule has 4 aromatic rings. The number of hydrogen-bond acceptors (Lipinski definition) is 7. The summed E-state index contributed by atoms with van der Waals surface area (Å²) >= 11 is 12.8. The fourth-order valence-corrected chi connectivity index (χ4v) is 11.0. The number of halogens is 3. The van der Waals surface area contributed by atoms with Gasteiger partial charge in [0, 0.05) is 77.5 Å². The number of amides is 6. The molecule has 0 bridgehead atoms. The quantitative estimate of drug-likeness (QED) is 0.0837. The summed E-state index contributed by atoms with van der Waals surface area (Å²) in [6.45, 7) is 0.588. The number of rotatable bonds is 8. The fourth-order valence-electron chi connectivity index (χ4n) is 10.7. The Balaban J connectivity index is 0.856. The minimum atomic E-state index is -1.36. The van der Waals surface area contributed by atoms with E-state index in [2.05, 4.69) is 33.1 Å². The first-order valence-corrected chi connectivity index (χ1v) is 22.3. The molecule has 1 aliphatic carbocycles. The van der Waals surface area contributed by atoms with Crippen molar-refractivity contribution in [2.24, 2.45) is 0 Å². The fraction of sp³-hybridized carbons (Fsp3) is 0.347. The van der Waals surface area contributed by atoms with Gasteiger partial charge in [-0.3, -0.25) is 39.0 Å². The summed E-state index contributed by atoms with van der Waals surface area (Å²) in [6.07, 6.45) is 5.29. The van der Waals surface area contributed by atoms with E-state index < -0.39 is 40.7 Å². The van der Waals surface area contributed by atoms with E-state index in [1.54, 1.807) is 60.7 Å². The Bertz CT molecular complexity index is 2690. The molecule has 1 saturated carbocycles. The van der Waals surface area contributed by atoms with E-state index in [9.17, 15) is 28.8 Å². The molecule has 328 valence electrons. The standard InChI is InChI=1S/C49H45Cl2FN6O6/c1-57-39(59)22-21-38(46(57)63)58-27-34-28(11-8-12-32(34)45(58)62)10-4-2-7-25-53-43(60)29-15-18-31(19-16-29)54-44(61)42-40(33-13-9-14-36(51)41(33)52)49(48(56-42)23-5-3-6-24-48)35-20-17-30(50)26-37(35)55-47(49)64/h8-9,11-20,26,38,40,42,56H,2-3,5-7,21-25,27H2,1H3,(H,53,60)(H,54,61)(H,55,64)/t38?,40-,42+,49+/m0/s1. The number of anilines is 2. The smallest absolute Gasteiger partial charge is 0.255 e. The summed E-state index contributed by atoms with van der Waals surface area (Å²) in [5, 5.41) is 12.9. The molecular weight excluding hydrogens is 858 g/mol. The maximum absolute atomic E-state index is 16.2. The number of likely N-dealkylation sites (N-methyl/N-ethyl adjacent to an activating group) is 1. The number of carbonyl (C=O) groups is 6. The second-order valence-corrected chi connectivity index (χ2v) is 18.0. The van der Waals surface area contributed by atoms with Crippen molar-refractivity contribution in [3.63, 3.8) is 0 Å². The lowest BCUT2D eigenvalue weighted by atomic mass is 9.55. The van der Waals surface area contributed by atoms with Gasteiger partial charge in [-0.05, 0) is 97.0 Å². The molecule has 6 amide bonds. The Morgan fingerprint density at radius 3 is 2.50 bits per heavy atom. The van der Waals surface area contributed by atoms with E-state index in [1.165, 1.54) is 18.0 Å². The number of unbranched alkanes of at least 4 members (excludes halogenated alkanes) is 1. The van der Waals surface area contributed by atoms with Gasteiger partial charge >= 0.3 is 0 Å². The number of fused-ring (bicyclic) bond motifs is 4. The largest absolute Gasteiger partial charge is 0.352 e. The molecule has 4 atom stereocenters. The number of likely N-dealkylation sites (tertiary alicyclic amines) is 1. The van der Waals surface area contributed by atoms with Gasteiger partial charge in [-0.25, -0.2) is 4.39 Å². The molecule has 4 N–H and O–H groups in total. The molecule has 2 spiro atoms. The van der Waals surface area contributed by atoms with Gasteiger partial charge in [-0.2, -0.15) is 0 Å². The lowest BCUT2D eigenvalue weighted by Crippen LogP contribution is -2.60. The first-order chi connectivity index (χ1) is 30.8. The maximum atomic E-state index is 16.2. The van der Waals surface area contributed by atoms with Crippen LogP contribution in [0.25, 0.3) is 0 Å². The van der Waals surface area contributed by atoms with E-state index in [-0.39, 0.29) is 53.1 Å². The highest BCUT2D eigenvalue weighted by molar-refractivity contribution is 6.31. The second kappa shape index (κ2) is 17.1. The summed E-state index contributed by atoms with van der Waals surface area (Å²) in [5.41, 5.74) is 1.84. The molecular formula is C49H45Cl2FN6O6. The zero-order chi connectivity index (χ0) is 44.9. The van der Waals surface area contributed by atoms with Crippen molar-refractivity contribution in [2.45, 2.75) is 93.3 Å². The summed E-state index contributed by atoms with van der Waals surface area (Å²) in [7, 11) is 1.44. The van der Waals surface area contributed by atoms with Crippen LogP contribution in [0.4, 0.5) is 15.8 Å². The Kier molecular flexibility index (Phi) is 11.6. The molecule has 4 aliphatic heterocycles. The third-order valence-corrected chi connectivity index (χ3v) is 14.2. The summed E-state index contributed by atoms with van der Waals surface area (Å²) < 4.78 is 16.2. The Hall–Kier alpha value is -6.07. The third kappa shape index (κ3) is 7.22. The molecule has 15 heteroatoms. The van der Waals surface area contributed by atoms with Crippen LogP contribution >= 0.6 is 23.2 Å². The predicted molar refractivity (Wildman–Crippen MR) is 239 cm³/mol. The van der Waals surface area contributed by atoms with Gasteiger partial charge in [-0.1, -0.05) is 78.6 Å². The zero-order valence-electron chi connectivity index (χ0n) is 35.0. The van der Waals surface area contributed by atoms with Crippen LogP contribution in [0.3, 0.4) is 0 Å². The molecule has 0 radical (unpaired) electrons. The van der Waals surface area contributed by atoms with Crippen molar-refractivity contribution in [1.29, 1.82) is 0 Å². The van der Waals surface area contributed by atoms with Gasteiger partial charge in [0.1, 0.15) is 17.3 Å². The maximum Gasteiger partial charge on any atom is 0.255 e. The minimum Gasteiger partial charge on any atom is -0.352 e. The topological polar surface area (TPSA) is 157 Å². The normalized spacial score (nSPS) is 23.2. The van der Waals surface area contributed by atoms with Crippen LogP contribution in [0.2, 0.25) is 10.0 Å². The number of carbonyl (C=O) groups excluding carboxylic acids is 6. The van der Waals surface area contributed by atoms with Gasteiger partial charge in [-0.15, -0.1) is 0 Å². The highest BCUT2D eigenvalue weighted by atomic mass is 35.5. The second-order valence-electron chi connectivity index (χ2n) is 17.2. The molecule has 9 rings (SSSR count). The summed E-state index contributed by atoms with van der Waals surface area (Å²) in [6, 6.07) is 19.9. The number of imide groups is 1. The van der Waals surface area contributed by atoms with Gasteiger partial charge in [0.05, 0.1) is 11.1 Å². The van der Waals surface area contributed by atoms with Crippen molar-refractivity contribution in [1.82, 2.24) is 20.4 Å². The van der Waals surface area contributed by atoms with E-state index in [0.717, 1.165) is 29.7 Å². The number of benzene rings is 4. The lowest BCUT2D eigenvalue weighted by molar-refractivity contribution is -0.150. The molecule has 5 aliphatic rings. The number of piperidine rings is 1. The molecule has 12 nitrogen and oxygen atoms in total. The molecule has 0 aromatic heterocycles. The average molecular weight is 904 g/mol. The first kappa shape index (κ1) is 43.2. The monoisotopic (exact) mass is 902 g/mol. The molecule has 1 unspecified atom stereocenters. The Morgan fingerprint density at radius 1 is 0.953 bits per heavy atom. The van der Waals surface area contributed by atoms with Crippen LogP contribution in [0.5, 0.6) is 0 Å². The van der Waals surface area contributed by atoms with Crippen molar-refractivity contribution >= 4 is 70.0 Å². The minimum absolute atomic E-state index is 0.112. The summed E-state index contributed by atoms with van der Waals surface area (Å²) in [4.78, 5) is 83.0. The van der Waals surface area contributed by atoms with E-state index in [0.29, 0.717) is 77.3 Å². The predicted octanol–water partition coefficient (Wildman–Crippen LogP) is 7.08. The van der Waals surface area contributed by atoms with Gasteiger partial charge in [0.2, 0.25) is 17.7 Å². The van der Waals surface area contributed by atoms with Crippen molar-refractivity contribution in [3.05, 3.63) is 128 Å². The van der Waals surface area contributed by atoms with E-state index >= 15 is 4.39 Å². The van der Waals surface area contributed by atoms with Crippen LogP contribution in [0.1, 0.15) is 107 Å². The van der Waals surface area contributed by atoms with Crippen LogP contribution in [-0.2, 0) is 31.1 Å². The Labute approximate surface area is 379 Å².